The molecule has 14 heavy (non-hydrogen) atoms. The lowest BCUT2D eigenvalue weighted by Crippen LogP contribution is -2.41. The van der Waals surface area contributed by atoms with E-state index in [1.54, 1.807) is 0 Å². The van der Waals surface area contributed by atoms with E-state index in [1.165, 1.54) is 6.42 Å². The van der Waals surface area contributed by atoms with Crippen molar-refractivity contribution in [3.63, 3.8) is 0 Å². The highest BCUT2D eigenvalue weighted by Crippen LogP contribution is 2.14. The fraction of sp³-hybridized carbons (Fsp3) is 0.900. The average molecular weight is 199 g/mol. The third-order valence-electron chi connectivity index (χ3n) is 3.04. The molecule has 4 heteroatoms. The van der Waals surface area contributed by atoms with Crippen molar-refractivity contribution in [2.45, 2.75) is 25.3 Å². The minimum absolute atomic E-state index is 0.0551. The number of nitrogens with zero attached hydrogens (tertiary/aromatic N) is 2. The molecule has 1 saturated heterocycles. The molecule has 1 fully saturated rings. The molecule has 1 rings (SSSR count). The van der Waals surface area contributed by atoms with Crippen LogP contribution in [0.1, 0.15) is 19.3 Å². The Morgan fingerprint density at radius 2 is 2.21 bits per heavy atom. The van der Waals surface area contributed by atoms with Crippen molar-refractivity contribution in [1.82, 2.24) is 9.80 Å². The summed E-state index contributed by atoms with van der Waals surface area (Å²) in [6, 6.07) is 0.385. The molecule has 1 unspecified atom stereocenters. The second-order valence-electron chi connectivity index (χ2n) is 4.10. The van der Waals surface area contributed by atoms with E-state index >= 15 is 0 Å². The van der Waals surface area contributed by atoms with E-state index in [2.05, 4.69) is 11.9 Å². The molecular formula is C10H21N3O. The van der Waals surface area contributed by atoms with Crippen LogP contribution in [0.5, 0.6) is 0 Å². The second-order valence-corrected chi connectivity index (χ2v) is 4.10. The van der Waals surface area contributed by atoms with Crippen LogP contribution < -0.4 is 5.73 Å². The van der Waals surface area contributed by atoms with Gasteiger partial charge in [0.25, 0.3) is 0 Å². The van der Waals surface area contributed by atoms with Crippen LogP contribution in [0.2, 0.25) is 0 Å². The van der Waals surface area contributed by atoms with Gasteiger partial charge in [0.15, 0.2) is 0 Å². The zero-order chi connectivity index (χ0) is 10.6. The quantitative estimate of drug-likeness (QED) is 0.675. The summed E-state index contributed by atoms with van der Waals surface area (Å²) in [7, 11) is 4.00. The number of rotatable bonds is 2. The van der Waals surface area contributed by atoms with Crippen LogP contribution in [0.4, 0.5) is 0 Å². The maximum atomic E-state index is 11.4. The number of carbonyl (C=O) groups is 1. The molecule has 0 aromatic carbocycles. The second kappa shape index (κ2) is 5.32. The molecule has 2 N–H and O–H groups in total. The summed E-state index contributed by atoms with van der Waals surface area (Å²) >= 11 is 0. The van der Waals surface area contributed by atoms with Gasteiger partial charge < -0.3 is 15.5 Å². The molecule has 1 heterocycles. The number of carbonyl (C=O) groups excluding carboxylic acids is 1. The Balaban J connectivity index is 2.46. The maximum Gasteiger partial charge on any atom is 0.236 e. The monoisotopic (exact) mass is 199 g/mol. The molecule has 1 aliphatic rings. The lowest BCUT2D eigenvalue weighted by molar-refractivity contribution is -0.130. The standard InChI is InChI=1S/C10H21N3O/c1-12-6-3-4-9(5-7-12)13(2)10(14)8-11/h9H,3-8,11H2,1-2H3. The predicted molar refractivity (Wildman–Crippen MR) is 57.0 cm³/mol. The molecule has 1 amide bonds. The molecule has 4 nitrogen and oxygen atoms in total. The number of hydrogen-bond donors (Lipinski definition) is 1. The number of likely N-dealkylation sites (tertiary alicyclic amines) is 1. The Morgan fingerprint density at radius 1 is 1.50 bits per heavy atom. The van der Waals surface area contributed by atoms with Crippen molar-refractivity contribution >= 4 is 5.91 Å². The first-order valence-electron chi connectivity index (χ1n) is 5.29. The minimum Gasteiger partial charge on any atom is -0.342 e. The van der Waals surface area contributed by atoms with Crippen molar-refractivity contribution < 1.29 is 4.79 Å². The van der Waals surface area contributed by atoms with Gasteiger partial charge in [-0.2, -0.15) is 0 Å². The molecule has 0 aromatic heterocycles. The van der Waals surface area contributed by atoms with Crippen LogP contribution >= 0.6 is 0 Å². The summed E-state index contributed by atoms with van der Waals surface area (Å²) in [6.45, 7) is 2.34. The predicted octanol–water partition coefficient (Wildman–Crippen LogP) is -0.112. The fourth-order valence-electron chi connectivity index (χ4n) is 1.96. The minimum atomic E-state index is 0.0551. The lowest BCUT2D eigenvalue weighted by atomic mass is 10.1. The van der Waals surface area contributed by atoms with Crippen LogP contribution in [0, 0.1) is 0 Å². The third kappa shape index (κ3) is 2.96. The number of hydrogen-bond acceptors (Lipinski definition) is 3. The zero-order valence-electron chi connectivity index (χ0n) is 9.20. The Morgan fingerprint density at radius 3 is 2.86 bits per heavy atom. The summed E-state index contributed by atoms with van der Waals surface area (Å²) in [5, 5.41) is 0. The number of nitrogens with two attached hydrogens (primary N) is 1. The van der Waals surface area contributed by atoms with E-state index in [9.17, 15) is 4.79 Å². The van der Waals surface area contributed by atoms with Crippen molar-refractivity contribution in [1.29, 1.82) is 0 Å². The van der Waals surface area contributed by atoms with Crippen LogP contribution in [-0.4, -0.2) is 55.5 Å². The molecule has 1 atom stereocenters. The normalized spacial score (nSPS) is 24.4. The van der Waals surface area contributed by atoms with Crippen LogP contribution in [0.3, 0.4) is 0 Å². The smallest absolute Gasteiger partial charge is 0.236 e. The Labute approximate surface area is 86.0 Å². The summed E-state index contributed by atoms with van der Waals surface area (Å²) in [5.41, 5.74) is 5.34. The van der Waals surface area contributed by atoms with Gasteiger partial charge in [-0.3, -0.25) is 4.79 Å². The van der Waals surface area contributed by atoms with Gasteiger partial charge >= 0.3 is 0 Å². The molecule has 82 valence electrons. The SMILES string of the molecule is CN1CCCC(N(C)C(=O)CN)CC1. The first-order valence-corrected chi connectivity index (χ1v) is 5.29. The van der Waals surface area contributed by atoms with Gasteiger partial charge in [0.05, 0.1) is 6.54 Å². The average Bonchev–Trinajstić information content (AvgIpc) is 2.40. The molecule has 0 radical (unpaired) electrons. The van der Waals surface area contributed by atoms with Gasteiger partial charge in [0.2, 0.25) is 5.91 Å². The van der Waals surface area contributed by atoms with Crippen molar-refractivity contribution in [3.8, 4) is 0 Å². The highest BCUT2D eigenvalue weighted by Gasteiger charge is 2.21. The molecule has 1 aliphatic heterocycles. The van der Waals surface area contributed by atoms with Gasteiger partial charge in [-0.05, 0) is 39.4 Å². The van der Waals surface area contributed by atoms with Crippen LogP contribution in [0.25, 0.3) is 0 Å². The fourth-order valence-corrected chi connectivity index (χ4v) is 1.96. The van der Waals surface area contributed by atoms with E-state index < -0.39 is 0 Å². The molecule has 0 aliphatic carbocycles. The van der Waals surface area contributed by atoms with E-state index in [-0.39, 0.29) is 12.5 Å². The van der Waals surface area contributed by atoms with E-state index in [0.717, 1.165) is 25.9 Å². The Bertz CT molecular complexity index is 196. The molecule has 0 saturated carbocycles. The van der Waals surface area contributed by atoms with Gasteiger partial charge in [-0.25, -0.2) is 0 Å². The summed E-state index contributed by atoms with van der Waals surface area (Å²) in [4.78, 5) is 15.5. The highest BCUT2D eigenvalue weighted by molar-refractivity contribution is 5.78. The zero-order valence-corrected chi connectivity index (χ0v) is 9.20. The maximum absolute atomic E-state index is 11.4. The van der Waals surface area contributed by atoms with E-state index in [4.69, 9.17) is 5.73 Å². The van der Waals surface area contributed by atoms with Crippen molar-refractivity contribution in [2.24, 2.45) is 5.73 Å². The van der Waals surface area contributed by atoms with E-state index in [0.29, 0.717) is 6.04 Å². The largest absolute Gasteiger partial charge is 0.342 e. The molecular weight excluding hydrogens is 178 g/mol. The Kier molecular flexibility index (Phi) is 4.35. The number of amides is 1. The molecule has 0 aromatic rings. The van der Waals surface area contributed by atoms with Crippen molar-refractivity contribution in [2.75, 3.05) is 33.7 Å². The van der Waals surface area contributed by atoms with Gasteiger partial charge in [-0.1, -0.05) is 0 Å². The summed E-state index contributed by atoms with van der Waals surface area (Å²) < 4.78 is 0. The highest BCUT2D eigenvalue weighted by atomic mass is 16.2. The van der Waals surface area contributed by atoms with Gasteiger partial charge in [0, 0.05) is 13.1 Å². The van der Waals surface area contributed by atoms with Crippen molar-refractivity contribution in [3.05, 3.63) is 0 Å². The first-order chi connectivity index (χ1) is 6.65. The summed E-state index contributed by atoms with van der Waals surface area (Å²) in [5.74, 6) is 0.0551. The number of likely N-dealkylation sites (N-methyl/N-ethyl adjacent to an activating group) is 1. The molecule has 0 spiro atoms. The third-order valence-corrected chi connectivity index (χ3v) is 3.04. The summed E-state index contributed by atoms with van der Waals surface area (Å²) in [6.07, 6.45) is 3.34. The molecule has 0 bridgehead atoms. The Hall–Kier alpha value is -0.610. The van der Waals surface area contributed by atoms with Crippen LogP contribution in [0.15, 0.2) is 0 Å². The van der Waals surface area contributed by atoms with Gasteiger partial charge in [0.1, 0.15) is 0 Å². The lowest BCUT2D eigenvalue weighted by Gasteiger charge is -2.26. The topological polar surface area (TPSA) is 49.6 Å². The van der Waals surface area contributed by atoms with E-state index in [1.807, 2.05) is 11.9 Å². The van der Waals surface area contributed by atoms with Gasteiger partial charge in [-0.15, -0.1) is 0 Å². The first kappa shape index (κ1) is 11.5. The van der Waals surface area contributed by atoms with Crippen LogP contribution in [-0.2, 0) is 4.79 Å².